The highest BCUT2D eigenvalue weighted by Crippen LogP contribution is 2.25. The van der Waals surface area contributed by atoms with Crippen LogP contribution in [-0.4, -0.2) is 23.5 Å². The largest absolute Gasteiger partial charge is 0.382 e. The predicted octanol–water partition coefficient (Wildman–Crippen LogP) is 2.57. The maximum atomic E-state index is 12.0. The van der Waals surface area contributed by atoms with E-state index in [0.717, 1.165) is 0 Å². The second-order valence-corrected chi connectivity index (χ2v) is 6.46. The van der Waals surface area contributed by atoms with E-state index < -0.39 is 0 Å². The molecule has 6 heteroatoms. The van der Waals surface area contributed by atoms with Gasteiger partial charge in [0.15, 0.2) is 5.13 Å². The number of carbonyl (C=O) groups excluding carboxylic acids is 1. The Kier molecular flexibility index (Phi) is 5.60. The van der Waals surface area contributed by atoms with Crippen molar-refractivity contribution in [3.8, 4) is 0 Å². The third kappa shape index (κ3) is 4.70. The number of hydrogen-bond acceptors (Lipinski definition) is 5. The summed E-state index contributed by atoms with van der Waals surface area (Å²) in [6, 6.07) is 0.266. The van der Waals surface area contributed by atoms with E-state index in [-0.39, 0.29) is 11.9 Å². The summed E-state index contributed by atoms with van der Waals surface area (Å²) in [6.45, 7) is 11.1. The predicted molar refractivity (Wildman–Crippen MR) is 81.6 cm³/mol. The van der Waals surface area contributed by atoms with Crippen molar-refractivity contribution in [1.29, 1.82) is 0 Å². The minimum atomic E-state index is -0.140. The molecule has 19 heavy (non-hydrogen) atoms. The zero-order valence-electron chi connectivity index (χ0n) is 12.3. The third-order valence-electron chi connectivity index (χ3n) is 2.99. The number of thiazole rings is 1. The molecule has 1 heterocycles. The van der Waals surface area contributed by atoms with Crippen LogP contribution >= 0.6 is 11.3 Å². The Balaban J connectivity index is 2.64. The molecular weight excluding hydrogens is 260 g/mol. The fourth-order valence-electron chi connectivity index (χ4n) is 1.37. The summed E-state index contributed by atoms with van der Waals surface area (Å²) in [7, 11) is 0. The number of aromatic nitrogens is 1. The number of anilines is 2. The molecule has 0 fully saturated rings. The molecule has 1 rings (SSSR count). The molecule has 1 aromatic heterocycles. The number of nitrogens with one attached hydrogen (secondary N) is 2. The average Bonchev–Trinajstić information content (AvgIpc) is 2.65. The van der Waals surface area contributed by atoms with E-state index in [2.05, 4.69) is 36.4 Å². The van der Waals surface area contributed by atoms with Gasteiger partial charge in [0.2, 0.25) is 0 Å². The molecule has 1 unspecified atom stereocenters. The summed E-state index contributed by atoms with van der Waals surface area (Å²) in [5.74, 6) is 1.13. The normalized spacial score (nSPS) is 12.8. The Morgan fingerprint density at radius 2 is 1.95 bits per heavy atom. The van der Waals surface area contributed by atoms with E-state index in [0.29, 0.717) is 34.2 Å². The lowest BCUT2D eigenvalue weighted by Gasteiger charge is -2.15. The van der Waals surface area contributed by atoms with Gasteiger partial charge in [-0.3, -0.25) is 4.79 Å². The molecule has 0 aliphatic rings. The van der Waals surface area contributed by atoms with E-state index >= 15 is 0 Å². The van der Waals surface area contributed by atoms with Crippen LogP contribution in [0, 0.1) is 11.8 Å². The molecule has 0 radical (unpaired) electrons. The van der Waals surface area contributed by atoms with Crippen LogP contribution < -0.4 is 16.4 Å². The molecule has 0 saturated heterocycles. The molecule has 1 atom stereocenters. The lowest BCUT2D eigenvalue weighted by atomic mass is 9.98. The highest BCUT2D eigenvalue weighted by atomic mass is 32.1. The first-order valence-corrected chi connectivity index (χ1v) is 7.44. The molecule has 0 aliphatic carbocycles. The molecule has 1 aromatic rings. The lowest BCUT2D eigenvalue weighted by molar-refractivity contribution is 0.0949. The number of rotatable bonds is 6. The fourth-order valence-corrected chi connectivity index (χ4v) is 2.32. The van der Waals surface area contributed by atoms with Crippen LogP contribution in [0.15, 0.2) is 0 Å². The number of nitrogens with zero attached hydrogens (tertiary/aromatic N) is 1. The van der Waals surface area contributed by atoms with Crippen LogP contribution in [0.1, 0.15) is 44.3 Å². The zero-order chi connectivity index (χ0) is 14.6. The Morgan fingerprint density at radius 3 is 2.47 bits per heavy atom. The van der Waals surface area contributed by atoms with E-state index in [1.807, 2.05) is 13.8 Å². The molecule has 0 spiro atoms. The standard InChI is InChI=1S/C13H24N4OS/c1-7(2)9(5)6-15-12(18)10-11(14)17-13(19-10)16-8(3)4/h7-9H,6,14H2,1-5H3,(H,15,18)(H,16,17). The van der Waals surface area contributed by atoms with Crippen molar-refractivity contribution in [2.75, 3.05) is 17.6 Å². The summed E-state index contributed by atoms with van der Waals surface area (Å²) in [5.41, 5.74) is 5.78. The van der Waals surface area contributed by atoms with Gasteiger partial charge in [-0.1, -0.05) is 32.1 Å². The Hall–Kier alpha value is -1.30. The van der Waals surface area contributed by atoms with Crippen molar-refractivity contribution < 1.29 is 4.79 Å². The number of amides is 1. The van der Waals surface area contributed by atoms with Gasteiger partial charge in [-0.05, 0) is 25.7 Å². The molecular formula is C13H24N4OS. The van der Waals surface area contributed by atoms with Crippen molar-refractivity contribution in [3.05, 3.63) is 4.88 Å². The maximum Gasteiger partial charge on any atom is 0.265 e. The average molecular weight is 284 g/mol. The summed E-state index contributed by atoms with van der Waals surface area (Å²) in [6.07, 6.45) is 0. The lowest BCUT2D eigenvalue weighted by Crippen LogP contribution is -2.30. The molecule has 0 saturated carbocycles. The van der Waals surface area contributed by atoms with Gasteiger partial charge < -0.3 is 16.4 Å². The summed E-state index contributed by atoms with van der Waals surface area (Å²) in [5, 5.41) is 6.75. The van der Waals surface area contributed by atoms with Gasteiger partial charge in [0.25, 0.3) is 5.91 Å². The molecule has 1 amide bonds. The van der Waals surface area contributed by atoms with Gasteiger partial charge in [0.1, 0.15) is 10.7 Å². The van der Waals surface area contributed by atoms with Crippen LogP contribution in [-0.2, 0) is 0 Å². The Morgan fingerprint density at radius 1 is 1.32 bits per heavy atom. The number of nitrogens with two attached hydrogens (primary N) is 1. The van der Waals surface area contributed by atoms with Crippen molar-refractivity contribution >= 4 is 28.2 Å². The molecule has 4 N–H and O–H groups in total. The van der Waals surface area contributed by atoms with Crippen LogP contribution in [0.3, 0.4) is 0 Å². The molecule has 0 bridgehead atoms. The Labute approximate surface area is 119 Å². The number of carbonyl (C=O) groups is 1. The van der Waals surface area contributed by atoms with Crippen molar-refractivity contribution in [2.45, 2.75) is 40.7 Å². The monoisotopic (exact) mass is 284 g/mol. The van der Waals surface area contributed by atoms with E-state index in [1.165, 1.54) is 11.3 Å². The summed E-state index contributed by atoms with van der Waals surface area (Å²) in [4.78, 5) is 16.7. The van der Waals surface area contributed by atoms with Crippen molar-refractivity contribution in [3.63, 3.8) is 0 Å². The number of hydrogen-bond donors (Lipinski definition) is 3. The fraction of sp³-hybridized carbons (Fsp3) is 0.692. The third-order valence-corrected chi connectivity index (χ3v) is 4.00. The molecule has 0 aromatic carbocycles. The first-order chi connectivity index (χ1) is 8.81. The van der Waals surface area contributed by atoms with E-state index in [1.54, 1.807) is 0 Å². The molecule has 108 valence electrons. The van der Waals surface area contributed by atoms with Gasteiger partial charge in [-0.15, -0.1) is 0 Å². The second-order valence-electron chi connectivity index (χ2n) is 5.46. The molecule has 5 nitrogen and oxygen atoms in total. The molecule has 0 aliphatic heterocycles. The van der Waals surface area contributed by atoms with Gasteiger partial charge in [0, 0.05) is 12.6 Å². The maximum absolute atomic E-state index is 12.0. The van der Waals surface area contributed by atoms with Crippen LogP contribution in [0.25, 0.3) is 0 Å². The first kappa shape index (κ1) is 15.8. The smallest absolute Gasteiger partial charge is 0.265 e. The minimum absolute atomic E-state index is 0.140. The van der Waals surface area contributed by atoms with Gasteiger partial charge in [-0.25, -0.2) is 4.98 Å². The van der Waals surface area contributed by atoms with E-state index in [9.17, 15) is 4.79 Å². The van der Waals surface area contributed by atoms with Gasteiger partial charge in [-0.2, -0.15) is 0 Å². The first-order valence-electron chi connectivity index (χ1n) is 6.62. The highest BCUT2D eigenvalue weighted by molar-refractivity contribution is 7.18. The highest BCUT2D eigenvalue weighted by Gasteiger charge is 2.17. The Bertz CT molecular complexity index is 428. The van der Waals surface area contributed by atoms with Crippen LogP contribution in [0.5, 0.6) is 0 Å². The minimum Gasteiger partial charge on any atom is -0.382 e. The van der Waals surface area contributed by atoms with Gasteiger partial charge >= 0.3 is 0 Å². The van der Waals surface area contributed by atoms with Crippen LogP contribution in [0.2, 0.25) is 0 Å². The second kappa shape index (κ2) is 6.75. The topological polar surface area (TPSA) is 80.0 Å². The van der Waals surface area contributed by atoms with Crippen molar-refractivity contribution in [1.82, 2.24) is 10.3 Å². The zero-order valence-corrected chi connectivity index (χ0v) is 13.1. The van der Waals surface area contributed by atoms with Gasteiger partial charge in [0.05, 0.1) is 0 Å². The van der Waals surface area contributed by atoms with E-state index in [4.69, 9.17) is 5.73 Å². The van der Waals surface area contributed by atoms with Crippen molar-refractivity contribution in [2.24, 2.45) is 11.8 Å². The quantitative estimate of drug-likeness (QED) is 0.750. The number of nitrogen functional groups attached to an aromatic ring is 1. The summed E-state index contributed by atoms with van der Waals surface area (Å²) < 4.78 is 0. The SMILES string of the molecule is CC(C)Nc1nc(N)c(C(=O)NCC(C)C(C)C)s1. The summed E-state index contributed by atoms with van der Waals surface area (Å²) >= 11 is 1.30. The van der Waals surface area contributed by atoms with Crippen LogP contribution in [0.4, 0.5) is 10.9 Å².